The number of carbonyl (C=O) groups is 3. The molecular weight excluding hydrogens is 610 g/mol. The van der Waals surface area contributed by atoms with E-state index in [1.54, 1.807) is 33.3 Å². The van der Waals surface area contributed by atoms with Gasteiger partial charge < -0.3 is 40.3 Å². The molecule has 1 heterocycles. The molecule has 1 amide bonds. The van der Waals surface area contributed by atoms with E-state index in [9.17, 15) is 19.5 Å². The average Bonchev–Trinajstić information content (AvgIpc) is 3.02. The zero-order valence-electron chi connectivity index (χ0n) is 30.9. The Morgan fingerprint density at radius 2 is 1.50 bits per heavy atom. The van der Waals surface area contributed by atoms with Gasteiger partial charge in [-0.25, -0.2) is 0 Å². The van der Waals surface area contributed by atoms with Crippen molar-refractivity contribution in [2.75, 3.05) is 68.6 Å². The third-order valence-electron chi connectivity index (χ3n) is 8.73. The maximum absolute atomic E-state index is 14.4. The van der Waals surface area contributed by atoms with Crippen LogP contribution in [0, 0.1) is 11.8 Å². The zero-order valence-corrected chi connectivity index (χ0v) is 30.9. The number of hydrogen-bond acceptors (Lipinski definition) is 10. The first kappa shape index (κ1) is 41.1. The Morgan fingerprint density at radius 3 is 2.06 bits per heavy atom. The minimum atomic E-state index is -0.786. The molecule has 270 valence electrons. The molecule has 2 aliphatic rings. The van der Waals surface area contributed by atoms with Gasteiger partial charge in [0.1, 0.15) is 11.4 Å². The highest BCUT2D eigenvalue weighted by molar-refractivity contribution is 6.25. The van der Waals surface area contributed by atoms with Crippen molar-refractivity contribution in [2.45, 2.75) is 78.1 Å². The molecule has 0 spiro atoms. The number of hydrogen-bond donors (Lipinski definition) is 4. The number of fused-ring (bicyclic) bond motifs is 2. The SMILES string of the molecule is CO[C@@H]1/C=C/C=C(\C)C(=O)NC2=C(NCCCN(C)C)C(=O)C(NCCCN(C)C)=C(C[C@@H](C)C[C@H](OC)[C@H](O)[C@@H](C)/C=C(\C)C1)C2=O. The van der Waals surface area contributed by atoms with Gasteiger partial charge in [-0.1, -0.05) is 43.7 Å². The normalized spacial score (nSPS) is 28.3. The molecule has 2 rings (SSSR count). The number of aliphatic hydroxyl groups is 1. The Bertz CT molecular complexity index is 1260. The van der Waals surface area contributed by atoms with Gasteiger partial charge in [0.25, 0.3) is 5.91 Å². The Hall–Kier alpha value is -3.09. The lowest BCUT2D eigenvalue weighted by molar-refractivity contribution is -0.120. The molecule has 0 aromatic carbocycles. The lowest BCUT2D eigenvalue weighted by Gasteiger charge is -2.30. The predicted octanol–water partition coefficient (Wildman–Crippen LogP) is 3.10. The van der Waals surface area contributed by atoms with Gasteiger partial charge in [0.15, 0.2) is 0 Å². The number of amides is 1. The monoisotopic (exact) mass is 671 g/mol. The molecule has 11 heteroatoms. The van der Waals surface area contributed by atoms with E-state index in [4.69, 9.17) is 9.47 Å². The summed E-state index contributed by atoms with van der Waals surface area (Å²) in [6.07, 6.45) is 8.63. The molecule has 5 atom stereocenters. The molecule has 0 radical (unpaired) electrons. The summed E-state index contributed by atoms with van der Waals surface area (Å²) in [5.41, 5.74) is 2.05. The second kappa shape index (κ2) is 20.4. The lowest BCUT2D eigenvalue weighted by atomic mass is 9.84. The number of allylic oxidation sites excluding steroid dienone is 3. The first-order chi connectivity index (χ1) is 22.7. The number of ketones is 2. The highest BCUT2D eigenvalue weighted by Crippen LogP contribution is 2.30. The van der Waals surface area contributed by atoms with E-state index >= 15 is 0 Å². The van der Waals surface area contributed by atoms with Crippen LogP contribution in [0.1, 0.15) is 59.8 Å². The third kappa shape index (κ3) is 12.7. The molecule has 0 saturated carbocycles. The minimum absolute atomic E-state index is 0.0444. The maximum atomic E-state index is 14.4. The molecule has 0 saturated heterocycles. The minimum Gasteiger partial charge on any atom is -0.390 e. The van der Waals surface area contributed by atoms with Gasteiger partial charge in [-0.05, 0) is 93.1 Å². The highest BCUT2D eigenvalue weighted by Gasteiger charge is 2.37. The fourth-order valence-electron chi connectivity index (χ4n) is 5.96. The number of rotatable bonds is 12. The fraction of sp³-hybridized carbons (Fsp3) is 0.649. The molecule has 1 aliphatic heterocycles. The Kier molecular flexibility index (Phi) is 17.5. The van der Waals surface area contributed by atoms with Gasteiger partial charge in [-0.2, -0.15) is 0 Å². The van der Waals surface area contributed by atoms with Crippen LogP contribution in [0.4, 0.5) is 0 Å². The van der Waals surface area contributed by atoms with Gasteiger partial charge in [-0.3, -0.25) is 14.4 Å². The quantitative estimate of drug-likeness (QED) is 0.139. The van der Waals surface area contributed by atoms with Crippen LogP contribution in [-0.2, 0) is 23.9 Å². The summed E-state index contributed by atoms with van der Waals surface area (Å²) in [5, 5.41) is 20.6. The van der Waals surface area contributed by atoms with Gasteiger partial charge in [0, 0.05) is 44.4 Å². The summed E-state index contributed by atoms with van der Waals surface area (Å²) in [4.78, 5) is 46.2. The average molecular weight is 672 g/mol. The van der Waals surface area contributed by atoms with Crippen molar-refractivity contribution in [2.24, 2.45) is 11.8 Å². The van der Waals surface area contributed by atoms with E-state index in [0.717, 1.165) is 31.5 Å². The molecule has 0 aromatic heterocycles. The Labute approximate surface area is 288 Å². The van der Waals surface area contributed by atoms with Crippen LogP contribution in [0.5, 0.6) is 0 Å². The summed E-state index contributed by atoms with van der Waals surface area (Å²) < 4.78 is 11.4. The van der Waals surface area contributed by atoms with Crippen LogP contribution in [0.3, 0.4) is 0 Å². The number of carbonyl (C=O) groups excluding carboxylic acids is 3. The van der Waals surface area contributed by atoms with Gasteiger partial charge in [0.05, 0.1) is 24.0 Å². The molecule has 4 N–H and O–H groups in total. The molecular formula is C37H61N5O6. The van der Waals surface area contributed by atoms with Crippen molar-refractivity contribution in [3.8, 4) is 0 Å². The van der Waals surface area contributed by atoms with Gasteiger partial charge >= 0.3 is 0 Å². The van der Waals surface area contributed by atoms with Crippen molar-refractivity contribution < 1.29 is 29.0 Å². The second-order valence-electron chi connectivity index (χ2n) is 13.8. The number of nitrogens with one attached hydrogen (secondary N) is 3. The van der Waals surface area contributed by atoms with Crippen LogP contribution >= 0.6 is 0 Å². The molecule has 11 nitrogen and oxygen atoms in total. The fourth-order valence-corrected chi connectivity index (χ4v) is 5.96. The molecule has 0 fully saturated rings. The first-order valence-electron chi connectivity index (χ1n) is 17.1. The molecule has 0 unspecified atom stereocenters. The topological polar surface area (TPSA) is 132 Å². The summed E-state index contributed by atoms with van der Waals surface area (Å²) >= 11 is 0. The van der Waals surface area contributed by atoms with E-state index < -0.39 is 23.9 Å². The van der Waals surface area contributed by atoms with E-state index in [2.05, 4.69) is 20.9 Å². The number of Topliss-reactive ketones (excluding diaryl/α,β-unsaturated/α-hetero) is 2. The Morgan fingerprint density at radius 1 is 0.896 bits per heavy atom. The van der Waals surface area contributed by atoms with E-state index in [-0.39, 0.29) is 47.2 Å². The number of aliphatic hydroxyl groups excluding tert-OH is 1. The standard InChI is InChI=1S/C37H61N5O6/c1-24-20-27(4)34(43)30(48-10)23-25(2)22-29-31(38-16-12-18-41(5)6)36(45)32(39-17-13-19-42(7)8)33(35(29)44)40-37(46)26(3)14-11-15-28(21-24)47-9/h11,14-15,20,25,27-28,30,34,38-39,43H,12-13,16-19,21-23H2,1-10H3,(H,40,46)/b15-11+,24-20+,26-14+/t25-,27+,28-,30+,34-/m1/s1. The van der Waals surface area contributed by atoms with Crippen molar-refractivity contribution in [1.29, 1.82) is 0 Å². The van der Waals surface area contributed by atoms with E-state index in [1.165, 1.54) is 0 Å². The van der Waals surface area contributed by atoms with Crippen LogP contribution < -0.4 is 16.0 Å². The van der Waals surface area contributed by atoms with Crippen molar-refractivity contribution >= 4 is 17.5 Å². The number of ether oxygens (including phenoxy) is 2. The second-order valence-corrected chi connectivity index (χ2v) is 13.8. The van der Waals surface area contributed by atoms with Crippen molar-refractivity contribution in [1.82, 2.24) is 25.8 Å². The van der Waals surface area contributed by atoms with Crippen LogP contribution in [0.25, 0.3) is 0 Å². The smallest absolute Gasteiger partial charge is 0.251 e. The summed E-state index contributed by atoms with van der Waals surface area (Å²) in [5.74, 6) is -1.56. The first-order valence-corrected chi connectivity index (χ1v) is 17.1. The number of methoxy groups -OCH3 is 2. The predicted molar refractivity (Wildman–Crippen MR) is 191 cm³/mol. The third-order valence-corrected chi connectivity index (χ3v) is 8.73. The van der Waals surface area contributed by atoms with E-state index in [1.807, 2.05) is 66.0 Å². The number of nitrogens with zero attached hydrogens (tertiary/aromatic N) is 2. The van der Waals surface area contributed by atoms with Crippen LogP contribution in [0.15, 0.2) is 58.1 Å². The van der Waals surface area contributed by atoms with Gasteiger partial charge in [-0.15, -0.1) is 0 Å². The Balaban J connectivity index is 2.65. The van der Waals surface area contributed by atoms with Crippen LogP contribution in [-0.4, -0.2) is 119 Å². The molecule has 1 aliphatic carbocycles. The summed E-state index contributed by atoms with van der Waals surface area (Å²) in [7, 11) is 11.1. The summed E-state index contributed by atoms with van der Waals surface area (Å²) in [6.45, 7) is 10.2. The summed E-state index contributed by atoms with van der Waals surface area (Å²) in [6, 6.07) is 0. The highest BCUT2D eigenvalue weighted by atomic mass is 16.5. The van der Waals surface area contributed by atoms with Crippen molar-refractivity contribution in [3.05, 3.63) is 58.1 Å². The molecule has 2 bridgehead atoms. The molecule has 0 aromatic rings. The molecule has 48 heavy (non-hydrogen) atoms. The van der Waals surface area contributed by atoms with Crippen molar-refractivity contribution in [3.63, 3.8) is 0 Å². The largest absolute Gasteiger partial charge is 0.390 e. The van der Waals surface area contributed by atoms with Crippen LogP contribution in [0.2, 0.25) is 0 Å². The van der Waals surface area contributed by atoms with E-state index in [0.29, 0.717) is 37.1 Å². The zero-order chi connectivity index (χ0) is 36.0. The maximum Gasteiger partial charge on any atom is 0.251 e. The van der Waals surface area contributed by atoms with Gasteiger partial charge in [0.2, 0.25) is 11.6 Å². The lowest BCUT2D eigenvalue weighted by Crippen LogP contribution is -2.43.